The Kier molecular flexibility index (Phi) is 52.9. The van der Waals surface area contributed by atoms with Crippen molar-refractivity contribution in [3.05, 3.63) is 97.2 Å². The van der Waals surface area contributed by atoms with Crippen LogP contribution >= 0.6 is 7.82 Å². The molecule has 74 heavy (non-hydrogen) atoms. The molecule has 0 aliphatic heterocycles. The van der Waals surface area contributed by atoms with E-state index in [1.54, 1.807) is 0 Å². The first-order chi connectivity index (χ1) is 36.2. The molecule has 11 nitrogen and oxygen atoms in total. The van der Waals surface area contributed by atoms with Gasteiger partial charge in [0.1, 0.15) is 12.7 Å². The highest BCUT2D eigenvalue weighted by Crippen LogP contribution is 2.43. The number of hydrogen-bond donors (Lipinski definition) is 2. The fraction of sp³-hybridized carbons (Fsp3) is 0.694. The van der Waals surface area contributed by atoms with Crippen LogP contribution in [0.5, 0.6) is 0 Å². The lowest BCUT2D eigenvalue weighted by Crippen LogP contribution is -2.30. The molecule has 0 aliphatic carbocycles. The minimum Gasteiger partial charge on any atom is -0.462 e. The van der Waals surface area contributed by atoms with Crippen molar-refractivity contribution in [2.24, 2.45) is 0 Å². The van der Waals surface area contributed by atoms with Gasteiger partial charge in [0.2, 0.25) is 0 Å². The van der Waals surface area contributed by atoms with Crippen molar-refractivity contribution in [3.63, 3.8) is 0 Å². The van der Waals surface area contributed by atoms with Crippen molar-refractivity contribution in [1.82, 2.24) is 0 Å². The summed E-state index contributed by atoms with van der Waals surface area (Å²) < 4.78 is 39.5. The van der Waals surface area contributed by atoms with E-state index < -0.39 is 57.8 Å². The van der Waals surface area contributed by atoms with Crippen LogP contribution in [0.3, 0.4) is 0 Å². The molecular formula is C62H105O11P. The lowest BCUT2D eigenvalue weighted by atomic mass is 10.1. The SMILES string of the molecule is CC/C=C\C/C=C\C/C=C\C/C=C\C/C=C\CCCCCC(=O)OC(COC(=O)CCCCCCCCC/C=C\C/C=C\C/C=C\CC)COP(=O)(O)OCC(CO)OC(=O)CCCCCCCCCCCCC. The molecule has 0 radical (unpaired) electrons. The predicted octanol–water partition coefficient (Wildman–Crippen LogP) is 17.3. The maximum Gasteiger partial charge on any atom is 0.472 e. The monoisotopic (exact) mass is 1060 g/mol. The van der Waals surface area contributed by atoms with Gasteiger partial charge < -0.3 is 24.2 Å². The molecule has 12 heteroatoms. The van der Waals surface area contributed by atoms with E-state index >= 15 is 0 Å². The van der Waals surface area contributed by atoms with Gasteiger partial charge in [0, 0.05) is 19.3 Å². The van der Waals surface area contributed by atoms with E-state index in [4.69, 9.17) is 23.3 Å². The molecule has 3 unspecified atom stereocenters. The number of phosphoric acid groups is 1. The van der Waals surface area contributed by atoms with E-state index in [0.717, 1.165) is 122 Å². The van der Waals surface area contributed by atoms with Gasteiger partial charge >= 0.3 is 25.7 Å². The highest BCUT2D eigenvalue weighted by atomic mass is 31.2. The molecule has 0 aromatic carbocycles. The average molecular weight is 1060 g/mol. The number of ether oxygens (including phenoxy) is 3. The summed E-state index contributed by atoms with van der Waals surface area (Å²) in [5.74, 6) is -1.52. The molecule has 2 N–H and O–H groups in total. The van der Waals surface area contributed by atoms with Crippen LogP contribution in [0.25, 0.3) is 0 Å². The summed E-state index contributed by atoms with van der Waals surface area (Å²) in [7, 11) is -4.76. The molecule has 0 saturated heterocycles. The number of rotatable bonds is 53. The number of aliphatic hydroxyl groups excluding tert-OH is 1. The van der Waals surface area contributed by atoms with Crippen molar-refractivity contribution in [2.75, 3.05) is 26.4 Å². The largest absolute Gasteiger partial charge is 0.472 e. The zero-order valence-electron chi connectivity index (χ0n) is 46.8. The number of carbonyl (C=O) groups excluding carboxylic acids is 3. The molecule has 0 saturated carbocycles. The van der Waals surface area contributed by atoms with Crippen molar-refractivity contribution in [1.29, 1.82) is 0 Å². The molecule has 0 aromatic rings. The van der Waals surface area contributed by atoms with Gasteiger partial charge in [0.05, 0.1) is 19.8 Å². The zero-order chi connectivity index (χ0) is 54.1. The topological polar surface area (TPSA) is 155 Å². The third kappa shape index (κ3) is 53.2. The number of carbonyl (C=O) groups is 3. The summed E-state index contributed by atoms with van der Waals surface area (Å²) >= 11 is 0. The third-order valence-corrected chi connectivity index (χ3v) is 13.0. The first-order valence-corrected chi connectivity index (χ1v) is 30.6. The first-order valence-electron chi connectivity index (χ1n) is 29.1. The van der Waals surface area contributed by atoms with Crippen LogP contribution in [0.2, 0.25) is 0 Å². The lowest BCUT2D eigenvalue weighted by molar-refractivity contribution is -0.161. The van der Waals surface area contributed by atoms with Crippen molar-refractivity contribution >= 4 is 25.7 Å². The maximum atomic E-state index is 12.9. The van der Waals surface area contributed by atoms with Gasteiger partial charge in [-0.15, -0.1) is 0 Å². The number of aliphatic hydroxyl groups is 1. The Balaban J connectivity index is 4.81. The highest BCUT2D eigenvalue weighted by Gasteiger charge is 2.28. The van der Waals surface area contributed by atoms with E-state index in [2.05, 4.69) is 118 Å². The Morgan fingerprint density at radius 2 is 0.703 bits per heavy atom. The van der Waals surface area contributed by atoms with Gasteiger partial charge in [0.15, 0.2) is 6.10 Å². The second kappa shape index (κ2) is 55.6. The fourth-order valence-electron chi connectivity index (χ4n) is 7.63. The Bertz CT molecular complexity index is 1610. The van der Waals surface area contributed by atoms with Crippen LogP contribution in [0.4, 0.5) is 0 Å². The van der Waals surface area contributed by atoms with Crippen LogP contribution in [-0.2, 0) is 42.2 Å². The molecule has 3 atom stereocenters. The Hall–Kier alpha value is -3.60. The van der Waals surface area contributed by atoms with Gasteiger partial charge in [-0.3, -0.25) is 23.4 Å². The van der Waals surface area contributed by atoms with Crippen LogP contribution in [0.15, 0.2) is 97.2 Å². The average Bonchev–Trinajstić information content (AvgIpc) is 3.39. The van der Waals surface area contributed by atoms with E-state index in [1.165, 1.54) is 57.8 Å². The quantitative estimate of drug-likeness (QED) is 0.0197. The molecule has 0 rings (SSSR count). The van der Waals surface area contributed by atoms with Crippen LogP contribution in [-0.4, -0.2) is 66.5 Å². The summed E-state index contributed by atoms with van der Waals surface area (Å²) in [5, 5.41) is 9.80. The van der Waals surface area contributed by atoms with Gasteiger partial charge in [-0.25, -0.2) is 4.57 Å². The summed E-state index contributed by atoms with van der Waals surface area (Å²) in [4.78, 5) is 48.5. The van der Waals surface area contributed by atoms with Gasteiger partial charge in [0.25, 0.3) is 0 Å². The van der Waals surface area contributed by atoms with E-state index in [0.29, 0.717) is 19.3 Å². The zero-order valence-corrected chi connectivity index (χ0v) is 47.7. The lowest BCUT2D eigenvalue weighted by Gasteiger charge is -2.21. The minimum atomic E-state index is -4.76. The predicted molar refractivity (Wildman–Crippen MR) is 307 cm³/mol. The van der Waals surface area contributed by atoms with Crippen LogP contribution < -0.4 is 0 Å². The van der Waals surface area contributed by atoms with Crippen molar-refractivity contribution < 1.29 is 52.2 Å². The molecule has 0 bridgehead atoms. The number of esters is 3. The fourth-order valence-corrected chi connectivity index (χ4v) is 8.42. The van der Waals surface area contributed by atoms with Crippen LogP contribution in [0.1, 0.15) is 239 Å². The standard InChI is InChI=1S/C62H105O11P/c1-4-7-10-13-16-19-22-24-26-28-29-31-33-35-38-41-44-47-50-53-62(66)73-59(55-69-60(64)51-48-45-42-39-37-34-32-30-27-25-23-20-17-14-11-8-5-2)57-71-74(67,68)70-56-58(54-63)72-61(65)52-49-46-43-40-36-21-18-15-12-9-6-3/h7-8,10-11,16-17,19-20,24-27,29,31,35,38,58-59,63H,4-6,9,12-15,18,21-23,28,30,32-34,36-37,39-57H2,1-3H3,(H,67,68)/b10-7-,11-8-,19-16-,20-17-,26-24-,27-25-,31-29-,38-35-. The smallest absolute Gasteiger partial charge is 0.462 e. The van der Waals surface area contributed by atoms with E-state index in [1.807, 2.05) is 0 Å². The molecule has 0 heterocycles. The van der Waals surface area contributed by atoms with E-state index in [-0.39, 0.29) is 25.9 Å². The number of hydrogen-bond acceptors (Lipinski definition) is 10. The number of phosphoric ester groups is 1. The molecule has 0 fully saturated rings. The van der Waals surface area contributed by atoms with Gasteiger partial charge in [-0.1, -0.05) is 221 Å². The number of unbranched alkanes of at least 4 members (excludes halogenated alkanes) is 20. The summed E-state index contributed by atoms with van der Waals surface area (Å²) in [5.41, 5.74) is 0. The summed E-state index contributed by atoms with van der Waals surface area (Å²) in [6, 6.07) is 0. The second-order valence-electron chi connectivity index (χ2n) is 19.0. The molecule has 0 amide bonds. The minimum absolute atomic E-state index is 0.123. The Morgan fingerprint density at radius 3 is 1.09 bits per heavy atom. The van der Waals surface area contributed by atoms with E-state index in [9.17, 15) is 28.9 Å². The maximum absolute atomic E-state index is 12.9. The normalized spacial score (nSPS) is 14.1. The molecule has 0 aromatic heterocycles. The Morgan fingerprint density at radius 1 is 0.392 bits per heavy atom. The molecule has 424 valence electrons. The van der Waals surface area contributed by atoms with Crippen molar-refractivity contribution in [2.45, 2.75) is 251 Å². The highest BCUT2D eigenvalue weighted by molar-refractivity contribution is 7.47. The number of allylic oxidation sites excluding steroid dienone is 16. The first kappa shape index (κ1) is 70.4. The molecule has 0 spiro atoms. The van der Waals surface area contributed by atoms with Crippen LogP contribution in [0, 0.1) is 0 Å². The van der Waals surface area contributed by atoms with Gasteiger partial charge in [-0.2, -0.15) is 0 Å². The summed E-state index contributed by atoms with van der Waals surface area (Å²) in [6.07, 6.45) is 65.1. The molecule has 0 aliphatic rings. The summed E-state index contributed by atoms with van der Waals surface area (Å²) in [6.45, 7) is 4.36. The van der Waals surface area contributed by atoms with Gasteiger partial charge in [-0.05, 0) is 96.3 Å². The molecular weight excluding hydrogens is 952 g/mol. The Labute approximate surface area is 451 Å². The second-order valence-corrected chi connectivity index (χ2v) is 20.5. The third-order valence-electron chi connectivity index (χ3n) is 12.0. The van der Waals surface area contributed by atoms with Crippen molar-refractivity contribution in [3.8, 4) is 0 Å².